The molecule has 0 atom stereocenters. The molecular weight excluding hydrogens is 402 g/mol. The number of hydrogen-bond donors (Lipinski definition) is 1. The average Bonchev–Trinajstić information content (AvgIpc) is 3.29. The fraction of sp³-hybridized carbons (Fsp3) is 0.182. The number of nitrogens with zero attached hydrogens (tertiary/aromatic N) is 4. The highest BCUT2D eigenvalue weighted by Gasteiger charge is 2.12. The van der Waals surface area contributed by atoms with Crippen LogP contribution in [0.2, 0.25) is 5.15 Å². The van der Waals surface area contributed by atoms with Gasteiger partial charge in [0.15, 0.2) is 5.15 Å². The molecule has 1 amide bonds. The van der Waals surface area contributed by atoms with Crippen molar-refractivity contribution in [3.63, 3.8) is 0 Å². The number of ether oxygens (including phenoxy) is 1. The van der Waals surface area contributed by atoms with Crippen molar-refractivity contribution in [2.24, 2.45) is 0 Å². The predicted octanol–water partition coefficient (Wildman–Crippen LogP) is 3.98. The third-order valence-electron chi connectivity index (χ3n) is 4.66. The number of methoxy groups -OCH3 is 1. The number of aromatic nitrogens is 4. The number of rotatable bonds is 7. The van der Waals surface area contributed by atoms with Gasteiger partial charge >= 0.3 is 0 Å². The number of imidazole rings is 1. The van der Waals surface area contributed by atoms with E-state index in [9.17, 15) is 4.79 Å². The number of carbonyl (C=O) groups excluding carboxylic acids is 1. The summed E-state index contributed by atoms with van der Waals surface area (Å²) in [6, 6.07) is 12.7. The lowest BCUT2D eigenvalue weighted by Gasteiger charge is -2.09. The van der Waals surface area contributed by atoms with Gasteiger partial charge in [-0.2, -0.15) is 0 Å². The maximum atomic E-state index is 12.5. The number of amides is 1. The van der Waals surface area contributed by atoms with Crippen LogP contribution in [0, 0.1) is 0 Å². The number of carbonyl (C=O) groups is 1. The van der Waals surface area contributed by atoms with Gasteiger partial charge in [-0.25, -0.2) is 15.0 Å². The van der Waals surface area contributed by atoms with Gasteiger partial charge in [-0.05, 0) is 36.8 Å². The summed E-state index contributed by atoms with van der Waals surface area (Å²) in [6.45, 7) is 1.36. The number of aryl methyl sites for hydroxylation is 1. The standard InChI is InChI=1S/C22H20ClN5O2/c1-30-17-5-2-4-15(12-17)20-21(23)27-18-7-6-16(13-19(18)26-20)22(29)25-8-3-10-28-11-9-24-14-28/h2,4-7,9,11-14H,3,8,10H2,1H3,(H,25,29). The molecule has 8 heteroatoms. The van der Waals surface area contributed by atoms with Crippen LogP contribution < -0.4 is 10.1 Å². The van der Waals surface area contributed by atoms with Gasteiger partial charge in [0.2, 0.25) is 0 Å². The van der Waals surface area contributed by atoms with Crippen molar-refractivity contribution in [2.75, 3.05) is 13.7 Å². The monoisotopic (exact) mass is 421 g/mol. The summed E-state index contributed by atoms with van der Waals surface area (Å²) in [7, 11) is 1.60. The van der Waals surface area contributed by atoms with Gasteiger partial charge in [-0.3, -0.25) is 4.79 Å². The Morgan fingerprint density at radius 1 is 1.17 bits per heavy atom. The van der Waals surface area contributed by atoms with E-state index in [4.69, 9.17) is 16.3 Å². The first kappa shape index (κ1) is 19.8. The zero-order chi connectivity index (χ0) is 20.9. The van der Waals surface area contributed by atoms with Gasteiger partial charge < -0.3 is 14.6 Å². The molecule has 30 heavy (non-hydrogen) atoms. The Labute approximate surface area is 178 Å². The molecule has 1 N–H and O–H groups in total. The van der Waals surface area contributed by atoms with Crippen LogP contribution in [0.5, 0.6) is 5.75 Å². The average molecular weight is 422 g/mol. The summed E-state index contributed by atoms with van der Waals surface area (Å²) in [6.07, 6.45) is 6.20. The molecular formula is C22H20ClN5O2. The Morgan fingerprint density at radius 3 is 2.87 bits per heavy atom. The first-order valence-corrected chi connectivity index (χ1v) is 9.87. The SMILES string of the molecule is COc1cccc(-c2nc3cc(C(=O)NCCCn4ccnc4)ccc3nc2Cl)c1. The number of halogens is 1. The van der Waals surface area contributed by atoms with Gasteiger partial charge in [-0.1, -0.05) is 23.7 Å². The van der Waals surface area contributed by atoms with Gasteiger partial charge in [0.1, 0.15) is 11.4 Å². The van der Waals surface area contributed by atoms with E-state index in [1.54, 1.807) is 37.8 Å². The van der Waals surface area contributed by atoms with Gasteiger partial charge in [0, 0.05) is 36.6 Å². The predicted molar refractivity (Wildman–Crippen MR) is 116 cm³/mol. The molecule has 7 nitrogen and oxygen atoms in total. The smallest absolute Gasteiger partial charge is 0.251 e. The molecule has 0 aliphatic carbocycles. The van der Waals surface area contributed by atoms with Crippen molar-refractivity contribution in [1.82, 2.24) is 24.8 Å². The van der Waals surface area contributed by atoms with Crippen LogP contribution in [0.3, 0.4) is 0 Å². The zero-order valence-corrected chi connectivity index (χ0v) is 17.1. The van der Waals surface area contributed by atoms with Crippen molar-refractivity contribution in [3.05, 3.63) is 71.9 Å². The normalized spacial score (nSPS) is 10.9. The summed E-state index contributed by atoms with van der Waals surface area (Å²) in [4.78, 5) is 25.6. The highest BCUT2D eigenvalue weighted by molar-refractivity contribution is 6.32. The molecule has 152 valence electrons. The van der Waals surface area contributed by atoms with Crippen LogP contribution in [-0.2, 0) is 6.54 Å². The lowest BCUT2D eigenvalue weighted by molar-refractivity contribution is 0.0953. The molecule has 0 aliphatic rings. The van der Waals surface area contributed by atoms with Gasteiger partial charge in [0.05, 0.1) is 24.5 Å². The van der Waals surface area contributed by atoms with Crippen molar-refractivity contribution in [2.45, 2.75) is 13.0 Å². The maximum Gasteiger partial charge on any atom is 0.251 e. The third kappa shape index (κ3) is 4.41. The number of benzene rings is 2. The number of fused-ring (bicyclic) bond motifs is 1. The molecule has 0 unspecified atom stereocenters. The number of hydrogen-bond acceptors (Lipinski definition) is 5. The molecule has 0 spiro atoms. The van der Waals surface area contributed by atoms with Crippen LogP contribution in [0.15, 0.2) is 61.2 Å². The van der Waals surface area contributed by atoms with E-state index >= 15 is 0 Å². The second-order valence-electron chi connectivity index (χ2n) is 6.71. The molecule has 2 aromatic heterocycles. The largest absolute Gasteiger partial charge is 0.497 e. The molecule has 0 radical (unpaired) electrons. The Bertz CT molecular complexity index is 1180. The van der Waals surface area contributed by atoms with E-state index in [1.165, 1.54) is 0 Å². The van der Waals surface area contributed by atoms with Crippen LogP contribution in [0.1, 0.15) is 16.8 Å². The van der Waals surface area contributed by atoms with Crippen molar-refractivity contribution in [3.8, 4) is 17.0 Å². The van der Waals surface area contributed by atoms with E-state index < -0.39 is 0 Å². The first-order valence-electron chi connectivity index (χ1n) is 9.50. The Morgan fingerprint density at radius 2 is 2.07 bits per heavy atom. The zero-order valence-electron chi connectivity index (χ0n) is 16.4. The molecule has 0 saturated carbocycles. The molecule has 0 fully saturated rings. The summed E-state index contributed by atoms with van der Waals surface area (Å²) >= 11 is 6.36. The number of nitrogens with one attached hydrogen (secondary N) is 1. The van der Waals surface area contributed by atoms with Crippen molar-refractivity contribution >= 4 is 28.5 Å². The summed E-state index contributed by atoms with van der Waals surface area (Å²) in [5.41, 5.74) is 3.09. The highest BCUT2D eigenvalue weighted by Crippen LogP contribution is 2.29. The molecule has 2 heterocycles. The molecule has 0 bridgehead atoms. The first-order chi connectivity index (χ1) is 14.6. The third-order valence-corrected chi connectivity index (χ3v) is 4.93. The molecule has 2 aromatic carbocycles. The minimum Gasteiger partial charge on any atom is -0.497 e. The summed E-state index contributed by atoms with van der Waals surface area (Å²) < 4.78 is 7.25. The minimum atomic E-state index is -0.151. The van der Waals surface area contributed by atoms with Crippen LogP contribution in [0.4, 0.5) is 0 Å². The Hall–Kier alpha value is -3.45. The topological polar surface area (TPSA) is 81.9 Å². The van der Waals surface area contributed by atoms with E-state index in [-0.39, 0.29) is 5.91 Å². The van der Waals surface area contributed by atoms with Gasteiger partial charge in [0.25, 0.3) is 5.91 Å². The van der Waals surface area contributed by atoms with E-state index in [0.717, 1.165) is 18.5 Å². The van der Waals surface area contributed by atoms with E-state index in [2.05, 4.69) is 20.3 Å². The molecule has 4 aromatic rings. The summed E-state index contributed by atoms with van der Waals surface area (Å²) in [5, 5.41) is 3.23. The minimum absolute atomic E-state index is 0.151. The second-order valence-corrected chi connectivity index (χ2v) is 7.07. The fourth-order valence-electron chi connectivity index (χ4n) is 3.11. The van der Waals surface area contributed by atoms with Crippen LogP contribution in [0.25, 0.3) is 22.3 Å². The maximum absolute atomic E-state index is 12.5. The molecule has 0 aliphatic heterocycles. The van der Waals surface area contributed by atoms with E-state index in [0.29, 0.717) is 39.7 Å². The lowest BCUT2D eigenvalue weighted by atomic mass is 10.1. The van der Waals surface area contributed by atoms with Gasteiger partial charge in [-0.15, -0.1) is 0 Å². The Balaban J connectivity index is 1.52. The second kappa shape index (κ2) is 8.92. The van der Waals surface area contributed by atoms with Crippen LogP contribution in [-0.4, -0.2) is 39.1 Å². The molecule has 0 saturated heterocycles. The summed E-state index contributed by atoms with van der Waals surface area (Å²) in [5.74, 6) is 0.552. The van der Waals surface area contributed by atoms with Crippen molar-refractivity contribution in [1.29, 1.82) is 0 Å². The quantitative estimate of drug-likeness (QED) is 0.456. The van der Waals surface area contributed by atoms with Crippen molar-refractivity contribution < 1.29 is 9.53 Å². The Kier molecular flexibility index (Phi) is 5.90. The highest BCUT2D eigenvalue weighted by atomic mass is 35.5. The molecule has 4 rings (SSSR count). The van der Waals surface area contributed by atoms with Crippen LogP contribution >= 0.6 is 11.6 Å². The fourth-order valence-corrected chi connectivity index (χ4v) is 3.36. The van der Waals surface area contributed by atoms with E-state index in [1.807, 2.05) is 35.0 Å². The lowest BCUT2D eigenvalue weighted by Crippen LogP contribution is -2.25.